The monoisotopic (exact) mass is 741 g/mol. The van der Waals surface area contributed by atoms with E-state index in [9.17, 15) is 35.1 Å². The Kier molecular flexibility index (Phi) is 16.1. The number of aliphatic hydroxyl groups is 5. The van der Waals surface area contributed by atoms with Crippen LogP contribution in [-0.2, 0) is 19.1 Å². The molecule has 5 N–H and O–H groups in total. The molecule has 2 fully saturated rings. The maximum absolute atomic E-state index is 14.1. The fourth-order valence-corrected chi connectivity index (χ4v) is 8.41. The van der Waals surface area contributed by atoms with Crippen LogP contribution in [0.15, 0.2) is 59.8 Å². The van der Waals surface area contributed by atoms with Gasteiger partial charge in [0.25, 0.3) is 0 Å². The summed E-state index contributed by atoms with van der Waals surface area (Å²) < 4.78 is 12.7. The van der Waals surface area contributed by atoms with Crippen molar-refractivity contribution in [2.75, 3.05) is 6.54 Å². The maximum Gasteiger partial charge on any atom is 0.329 e. The van der Waals surface area contributed by atoms with E-state index in [1.54, 1.807) is 17.1 Å². The lowest BCUT2D eigenvalue weighted by atomic mass is 9.78. The molecule has 0 aromatic carbocycles. The van der Waals surface area contributed by atoms with Crippen LogP contribution in [0, 0.1) is 29.6 Å². The van der Waals surface area contributed by atoms with E-state index in [1.807, 2.05) is 64.2 Å². The first-order valence-electron chi connectivity index (χ1n) is 20.1. The van der Waals surface area contributed by atoms with Gasteiger partial charge in [0, 0.05) is 18.9 Å². The molecule has 3 aliphatic heterocycles. The maximum atomic E-state index is 14.1. The molecular weight excluding hydrogens is 674 g/mol. The van der Waals surface area contributed by atoms with Crippen molar-refractivity contribution < 1.29 is 44.6 Å². The molecule has 13 unspecified atom stereocenters. The van der Waals surface area contributed by atoms with Crippen molar-refractivity contribution in [3.8, 4) is 0 Å². The number of esters is 1. The van der Waals surface area contributed by atoms with Crippen LogP contribution in [0.25, 0.3) is 0 Å². The van der Waals surface area contributed by atoms with Gasteiger partial charge in [0.05, 0.1) is 36.9 Å². The lowest BCUT2D eigenvalue weighted by Crippen LogP contribution is -2.56. The Balaban J connectivity index is 1.61. The van der Waals surface area contributed by atoms with Crippen molar-refractivity contribution in [3.05, 3.63) is 59.8 Å². The van der Waals surface area contributed by atoms with E-state index in [1.165, 1.54) is 0 Å². The van der Waals surface area contributed by atoms with Gasteiger partial charge < -0.3 is 39.9 Å². The summed E-state index contributed by atoms with van der Waals surface area (Å²) in [5.74, 6) is -2.56. The second-order valence-corrected chi connectivity index (χ2v) is 16.7. The van der Waals surface area contributed by atoms with Crippen LogP contribution in [0.3, 0.4) is 0 Å². The topological polar surface area (TPSA) is 157 Å². The number of fused-ring (bicyclic) bond motifs is 3. The number of ether oxygens (including phenoxy) is 2. The fourth-order valence-electron chi connectivity index (χ4n) is 8.41. The van der Waals surface area contributed by atoms with E-state index in [-0.39, 0.29) is 54.4 Å². The number of piperidine rings is 1. The first kappa shape index (κ1) is 43.1. The zero-order valence-corrected chi connectivity index (χ0v) is 32.8. The average Bonchev–Trinajstić information content (AvgIpc) is 3.10. The summed E-state index contributed by atoms with van der Waals surface area (Å²) in [6.07, 6.45) is 16.3. The summed E-state index contributed by atoms with van der Waals surface area (Å²) >= 11 is 0. The van der Waals surface area contributed by atoms with E-state index < -0.39 is 48.3 Å². The molecule has 0 aromatic rings. The summed E-state index contributed by atoms with van der Waals surface area (Å²) in [6, 6.07) is -0.819. The summed E-state index contributed by atoms with van der Waals surface area (Å²) in [4.78, 5) is 29.7. The van der Waals surface area contributed by atoms with Gasteiger partial charge in [-0.1, -0.05) is 81.9 Å². The van der Waals surface area contributed by atoms with Crippen molar-refractivity contribution in [2.24, 2.45) is 29.6 Å². The zero-order valence-electron chi connectivity index (χ0n) is 32.8. The van der Waals surface area contributed by atoms with Gasteiger partial charge in [0.1, 0.15) is 12.1 Å². The lowest BCUT2D eigenvalue weighted by molar-refractivity contribution is -0.301. The minimum Gasteiger partial charge on any atom is -0.456 e. The molecule has 3 heterocycles. The molecule has 10 nitrogen and oxygen atoms in total. The molecule has 4 aliphatic rings. The minimum absolute atomic E-state index is 0.0687. The molecule has 4 rings (SSSR count). The van der Waals surface area contributed by atoms with Crippen molar-refractivity contribution >= 4 is 11.9 Å². The van der Waals surface area contributed by atoms with Crippen molar-refractivity contribution in [2.45, 2.75) is 161 Å². The van der Waals surface area contributed by atoms with Gasteiger partial charge in [-0.2, -0.15) is 0 Å². The average molecular weight is 742 g/mol. The molecule has 2 saturated heterocycles. The number of cyclic esters (lactones) is 1. The molecule has 2 bridgehead atoms. The van der Waals surface area contributed by atoms with E-state index in [2.05, 4.69) is 13.8 Å². The van der Waals surface area contributed by atoms with Crippen LogP contribution in [-0.4, -0.2) is 97.3 Å². The van der Waals surface area contributed by atoms with Gasteiger partial charge in [0.15, 0.2) is 5.79 Å². The molecule has 0 aromatic heterocycles. The number of carbonyl (C=O) groups is 2. The van der Waals surface area contributed by atoms with E-state index in [4.69, 9.17) is 9.47 Å². The standard InChI is InChI=1S/C43H67NO9/c1-27-14-17-34(45)12-8-7-11-29(3)41-31(5)23-32(6)43(51,53-41)26-40(49)44-20-10-9-13-36(44)42(50)52-39(25-35(46)18-15-27)30(4)21-28(2)22-33-16-19-37(47)38(48)24-33/h7-8,14,16-17,19,21-22,27,29,31-39,41,45-48,51H,9-13,15,18,20,23-26H2,1-6H3/b8-7+,17-14+,28-22+,30-21+. The minimum atomic E-state index is -1.68. The number of allylic oxidation sites excluding steroid dienone is 6. The van der Waals surface area contributed by atoms with Gasteiger partial charge >= 0.3 is 5.97 Å². The summed E-state index contributed by atoms with van der Waals surface area (Å²) in [6.45, 7) is 12.3. The molecule has 1 aliphatic carbocycles. The highest BCUT2D eigenvalue weighted by Gasteiger charge is 2.48. The number of carbonyl (C=O) groups excluding carboxylic acids is 2. The molecule has 298 valence electrons. The van der Waals surface area contributed by atoms with Gasteiger partial charge in [-0.05, 0) is 101 Å². The Hall–Kier alpha value is -2.60. The SMILES string of the molecule is CC(=C\C1C=CC(O)C(O)C1)/C=C(\C)C1CC(O)CCC(C)/C=C/C(O)C/C=C/CC(C)C2OC(O)(CC(=O)N3CCCCC3C(=O)O1)C(C)CC2C. The van der Waals surface area contributed by atoms with Crippen LogP contribution in [0.5, 0.6) is 0 Å². The van der Waals surface area contributed by atoms with Crippen LogP contribution >= 0.6 is 0 Å². The second-order valence-electron chi connectivity index (χ2n) is 16.7. The third kappa shape index (κ3) is 12.5. The number of hydrogen-bond acceptors (Lipinski definition) is 9. The molecule has 53 heavy (non-hydrogen) atoms. The molecule has 10 heteroatoms. The second kappa shape index (κ2) is 19.8. The third-order valence-electron chi connectivity index (χ3n) is 11.8. The van der Waals surface area contributed by atoms with Crippen LogP contribution in [0.1, 0.15) is 112 Å². The Bertz CT molecular complexity index is 1370. The summed E-state index contributed by atoms with van der Waals surface area (Å²) in [5.41, 5.74) is 1.63. The van der Waals surface area contributed by atoms with Crippen molar-refractivity contribution in [3.63, 3.8) is 0 Å². The van der Waals surface area contributed by atoms with Gasteiger partial charge in [-0.15, -0.1) is 0 Å². The van der Waals surface area contributed by atoms with Gasteiger partial charge in [-0.25, -0.2) is 4.79 Å². The summed E-state index contributed by atoms with van der Waals surface area (Å²) in [5, 5.41) is 53.8. The Morgan fingerprint density at radius 3 is 2.34 bits per heavy atom. The molecule has 0 radical (unpaired) electrons. The number of nitrogens with zero attached hydrogens (tertiary/aromatic N) is 1. The Morgan fingerprint density at radius 1 is 0.868 bits per heavy atom. The number of rotatable bonds is 3. The van der Waals surface area contributed by atoms with E-state index in [0.29, 0.717) is 51.5 Å². The molecular formula is C43H67NO9. The predicted molar refractivity (Wildman–Crippen MR) is 205 cm³/mol. The first-order valence-corrected chi connectivity index (χ1v) is 20.1. The van der Waals surface area contributed by atoms with E-state index in [0.717, 1.165) is 24.0 Å². The number of aliphatic hydroxyl groups excluding tert-OH is 4. The molecule has 13 atom stereocenters. The smallest absolute Gasteiger partial charge is 0.329 e. The van der Waals surface area contributed by atoms with Crippen LogP contribution < -0.4 is 0 Å². The lowest BCUT2D eigenvalue weighted by Gasteiger charge is -2.47. The highest BCUT2D eigenvalue weighted by atomic mass is 16.6. The molecule has 1 amide bonds. The molecule has 0 spiro atoms. The van der Waals surface area contributed by atoms with Crippen molar-refractivity contribution in [1.82, 2.24) is 4.90 Å². The van der Waals surface area contributed by atoms with Crippen LogP contribution in [0.2, 0.25) is 0 Å². The fraction of sp³-hybridized carbons (Fsp3) is 0.721. The summed E-state index contributed by atoms with van der Waals surface area (Å²) in [7, 11) is 0. The van der Waals surface area contributed by atoms with Gasteiger partial charge in [-0.3, -0.25) is 4.79 Å². The highest BCUT2D eigenvalue weighted by Crippen LogP contribution is 2.41. The quantitative estimate of drug-likeness (QED) is 0.140. The third-order valence-corrected chi connectivity index (χ3v) is 11.8. The first-order chi connectivity index (χ1) is 25.1. The normalized spacial score (nSPS) is 42.0. The van der Waals surface area contributed by atoms with Crippen LogP contribution in [0.4, 0.5) is 0 Å². The highest BCUT2D eigenvalue weighted by molar-refractivity contribution is 5.85. The van der Waals surface area contributed by atoms with Crippen molar-refractivity contribution in [1.29, 1.82) is 0 Å². The van der Waals surface area contributed by atoms with E-state index >= 15 is 0 Å². The predicted octanol–water partition coefficient (Wildman–Crippen LogP) is 5.68. The Morgan fingerprint density at radius 2 is 1.60 bits per heavy atom. The number of amides is 1. The number of hydrogen-bond donors (Lipinski definition) is 5. The zero-order chi connectivity index (χ0) is 38.9. The largest absolute Gasteiger partial charge is 0.456 e. The Labute approximate surface area is 317 Å². The molecule has 0 saturated carbocycles. The van der Waals surface area contributed by atoms with Gasteiger partial charge in [0.2, 0.25) is 5.91 Å².